The van der Waals surface area contributed by atoms with Gasteiger partial charge in [-0.2, -0.15) is 0 Å². The average Bonchev–Trinajstić information content (AvgIpc) is 2.74. The number of hydrogen-bond acceptors (Lipinski definition) is 4. The zero-order valence-electron chi connectivity index (χ0n) is 18.3. The number of ether oxygens (including phenoxy) is 2. The summed E-state index contributed by atoms with van der Waals surface area (Å²) in [6.07, 6.45) is 2.16. The first-order chi connectivity index (χ1) is 14.1. The fraction of sp³-hybridized carbons (Fsp3) is 0.520. The highest BCUT2D eigenvalue weighted by Crippen LogP contribution is 2.37. The number of fused-ring (bicyclic) bond motifs is 1. The smallest absolute Gasteiger partial charge is 0.164 e. The third-order valence-electron chi connectivity index (χ3n) is 6.36. The molecular weight excluding hydrogens is 360 g/mol. The van der Waals surface area contributed by atoms with E-state index < -0.39 is 0 Å². The van der Waals surface area contributed by atoms with Gasteiger partial charge in [-0.1, -0.05) is 44.2 Å². The first kappa shape index (κ1) is 20.2. The zero-order valence-corrected chi connectivity index (χ0v) is 18.3. The molecular formula is C25H34N2O2. The second kappa shape index (κ2) is 8.76. The maximum Gasteiger partial charge on any atom is 0.164 e. The van der Waals surface area contributed by atoms with Crippen LogP contribution in [0.4, 0.5) is 0 Å². The van der Waals surface area contributed by atoms with Crippen molar-refractivity contribution in [2.45, 2.75) is 45.2 Å². The fourth-order valence-corrected chi connectivity index (χ4v) is 4.76. The van der Waals surface area contributed by atoms with Crippen molar-refractivity contribution in [1.82, 2.24) is 9.80 Å². The number of benzene rings is 2. The Morgan fingerprint density at radius 3 is 2.79 bits per heavy atom. The molecule has 1 saturated heterocycles. The number of likely N-dealkylation sites (N-methyl/N-ethyl adjacent to an activating group) is 1. The van der Waals surface area contributed by atoms with Crippen LogP contribution < -0.4 is 9.47 Å². The SMILES string of the molecule is COc1cc(CN2CCN(C)C(c3ccccc3C(C)C)C2)cc2c1OCCC2. The molecule has 2 aromatic rings. The Hall–Kier alpha value is -2.04. The van der Waals surface area contributed by atoms with E-state index in [1.165, 1.54) is 22.3 Å². The molecule has 0 spiro atoms. The predicted octanol–water partition coefficient (Wildman–Crippen LogP) is 4.63. The Morgan fingerprint density at radius 1 is 1.17 bits per heavy atom. The summed E-state index contributed by atoms with van der Waals surface area (Å²) in [6.45, 7) is 9.56. The molecule has 0 N–H and O–H groups in total. The van der Waals surface area contributed by atoms with Crippen molar-refractivity contribution in [3.05, 3.63) is 58.7 Å². The van der Waals surface area contributed by atoms with Gasteiger partial charge in [0.15, 0.2) is 11.5 Å². The molecule has 1 atom stereocenters. The van der Waals surface area contributed by atoms with Gasteiger partial charge in [-0.05, 0) is 54.1 Å². The lowest BCUT2D eigenvalue weighted by Gasteiger charge is -2.41. The molecule has 4 rings (SSSR count). The molecule has 4 nitrogen and oxygen atoms in total. The lowest BCUT2D eigenvalue weighted by molar-refractivity contribution is 0.0898. The number of hydrogen-bond donors (Lipinski definition) is 0. The molecule has 0 saturated carbocycles. The monoisotopic (exact) mass is 394 g/mol. The van der Waals surface area contributed by atoms with Crippen molar-refractivity contribution in [3.63, 3.8) is 0 Å². The third kappa shape index (κ3) is 4.29. The van der Waals surface area contributed by atoms with Crippen LogP contribution in [0, 0.1) is 0 Å². The molecule has 156 valence electrons. The predicted molar refractivity (Wildman–Crippen MR) is 118 cm³/mol. The standard InChI is InChI=1S/C25H34N2O2/c1-18(2)21-9-5-6-10-22(21)23-17-27(12-11-26(23)3)16-19-14-20-8-7-13-29-25(20)24(15-19)28-4/h5-6,9-10,14-15,18,23H,7-8,11-13,16-17H2,1-4H3. The Balaban J connectivity index is 1.55. The summed E-state index contributed by atoms with van der Waals surface area (Å²) in [5.41, 5.74) is 5.57. The molecule has 2 aliphatic rings. The van der Waals surface area contributed by atoms with Gasteiger partial charge in [-0.15, -0.1) is 0 Å². The third-order valence-corrected chi connectivity index (χ3v) is 6.36. The van der Waals surface area contributed by atoms with E-state index in [1.54, 1.807) is 7.11 Å². The summed E-state index contributed by atoms with van der Waals surface area (Å²) >= 11 is 0. The van der Waals surface area contributed by atoms with Crippen LogP contribution in [0.15, 0.2) is 36.4 Å². The van der Waals surface area contributed by atoms with Gasteiger partial charge < -0.3 is 9.47 Å². The van der Waals surface area contributed by atoms with E-state index in [4.69, 9.17) is 9.47 Å². The number of nitrogens with zero attached hydrogens (tertiary/aromatic N) is 2. The molecule has 2 heterocycles. The first-order valence-corrected chi connectivity index (χ1v) is 10.9. The summed E-state index contributed by atoms with van der Waals surface area (Å²) in [7, 11) is 4.00. The Kier molecular flexibility index (Phi) is 6.12. The molecule has 0 aromatic heterocycles. The van der Waals surface area contributed by atoms with Crippen LogP contribution in [-0.2, 0) is 13.0 Å². The molecule has 29 heavy (non-hydrogen) atoms. The van der Waals surface area contributed by atoms with Gasteiger partial charge in [0.05, 0.1) is 13.7 Å². The number of rotatable bonds is 5. The van der Waals surface area contributed by atoms with E-state index >= 15 is 0 Å². The zero-order chi connectivity index (χ0) is 20.4. The van der Waals surface area contributed by atoms with E-state index in [-0.39, 0.29) is 0 Å². The maximum absolute atomic E-state index is 5.87. The van der Waals surface area contributed by atoms with E-state index in [9.17, 15) is 0 Å². The Bertz CT molecular complexity index is 831. The lowest BCUT2D eigenvalue weighted by atomic mass is 9.91. The van der Waals surface area contributed by atoms with Crippen LogP contribution in [0.1, 0.15) is 54.5 Å². The van der Waals surface area contributed by atoms with Crippen LogP contribution in [0.2, 0.25) is 0 Å². The highest BCUT2D eigenvalue weighted by molar-refractivity contribution is 5.50. The van der Waals surface area contributed by atoms with E-state index in [2.05, 4.69) is 67.1 Å². The second-order valence-corrected chi connectivity index (χ2v) is 8.75. The van der Waals surface area contributed by atoms with E-state index in [0.717, 1.165) is 57.1 Å². The van der Waals surface area contributed by atoms with Crippen LogP contribution in [0.5, 0.6) is 11.5 Å². The van der Waals surface area contributed by atoms with Crippen LogP contribution in [-0.4, -0.2) is 50.2 Å². The minimum Gasteiger partial charge on any atom is -0.493 e. The van der Waals surface area contributed by atoms with Crippen LogP contribution >= 0.6 is 0 Å². The molecule has 0 radical (unpaired) electrons. The van der Waals surface area contributed by atoms with Crippen molar-refractivity contribution in [2.24, 2.45) is 0 Å². The van der Waals surface area contributed by atoms with Crippen LogP contribution in [0.3, 0.4) is 0 Å². The van der Waals surface area contributed by atoms with Gasteiger partial charge in [-0.25, -0.2) is 0 Å². The molecule has 0 aliphatic carbocycles. The van der Waals surface area contributed by atoms with Gasteiger partial charge in [0.1, 0.15) is 0 Å². The second-order valence-electron chi connectivity index (χ2n) is 8.75. The summed E-state index contributed by atoms with van der Waals surface area (Å²) < 4.78 is 11.5. The number of methoxy groups -OCH3 is 1. The topological polar surface area (TPSA) is 24.9 Å². The molecule has 4 heteroatoms. The van der Waals surface area contributed by atoms with Crippen molar-refractivity contribution >= 4 is 0 Å². The highest BCUT2D eigenvalue weighted by Gasteiger charge is 2.28. The Morgan fingerprint density at radius 2 is 2.00 bits per heavy atom. The van der Waals surface area contributed by atoms with Gasteiger partial charge in [0.2, 0.25) is 0 Å². The largest absolute Gasteiger partial charge is 0.493 e. The average molecular weight is 395 g/mol. The normalized spacial score (nSPS) is 20.4. The van der Waals surface area contributed by atoms with Crippen molar-refractivity contribution in [3.8, 4) is 11.5 Å². The molecule has 1 unspecified atom stereocenters. The van der Waals surface area contributed by atoms with Gasteiger partial charge in [0, 0.05) is 32.2 Å². The molecule has 0 bridgehead atoms. The van der Waals surface area contributed by atoms with E-state index in [1.807, 2.05) is 0 Å². The number of aryl methyl sites for hydroxylation is 1. The van der Waals surface area contributed by atoms with Crippen molar-refractivity contribution in [2.75, 3.05) is 40.4 Å². The molecule has 2 aliphatic heterocycles. The van der Waals surface area contributed by atoms with E-state index in [0.29, 0.717) is 12.0 Å². The summed E-state index contributed by atoms with van der Waals surface area (Å²) in [4.78, 5) is 5.10. The summed E-state index contributed by atoms with van der Waals surface area (Å²) in [5.74, 6) is 2.37. The summed E-state index contributed by atoms with van der Waals surface area (Å²) in [5, 5.41) is 0. The van der Waals surface area contributed by atoms with Gasteiger partial charge in [0.25, 0.3) is 0 Å². The highest BCUT2D eigenvalue weighted by atomic mass is 16.5. The molecule has 2 aromatic carbocycles. The van der Waals surface area contributed by atoms with Gasteiger partial charge >= 0.3 is 0 Å². The minimum atomic E-state index is 0.435. The molecule has 0 amide bonds. The molecule has 1 fully saturated rings. The quantitative estimate of drug-likeness (QED) is 0.738. The fourth-order valence-electron chi connectivity index (χ4n) is 4.76. The van der Waals surface area contributed by atoms with Crippen LogP contribution in [0.25, 0.3) is 0 Å². The lowest BCUT2D eigenvalue weighted by Crippen LogP contribution is -2.46. The minimum absolute atomic E-state index is 0.435. The first-order valence-electron chi connectivity index (χ1n) is 10.9. The van der Waals surface area contributed by atoms with Gasteiger partial charge in [-0.3, -0.25) is 9.80 Å². The number of piperazine rings is 1. The van der Waals surface area contributed by atoms with Crippen molar-refractivity contribution in [1.29, 1.82) is 0 Å². The Labute approximate surface area is 175 Å². The summed E-state index contributed by atoms with van der Waals surface area (Å²) in [6, 6.07) is 13.9. The van der Waals surface area contributed by atoms with Crippen molar-refractivity contribution < 1.29 is 9.47 Å². The maximum atomic E-state index is 5.87.